The minimum Gasteiger partial charge on any atom is -0.367 e. The van der Waals surface area contributed by atoms with Crippen LogP contribution in [0.15, 0.2) is 42.5 Å². The molecule has 110 valence electrons. The van der Waals surface area contributed by atoms with Crippen LogP contribution < -0.4 is 11.1 Å². The lowest BCUT2D eigenvalue weighted by Gasteiger charge is -2.30. The minimum atomic E-state index is -1.40. The van der Waals surface area contributed by atoms with Crippen LogP contribution in [0.2, 0.25) is 10.0 Å². The average molecular weight is 327 g/mol. The molecule has 0 bridgehead atoms. The van der Waals surface area contributed by atoms with Gasteiger partial charge in [0.2, 0.25) is 5.91 Å². The van der Waals surface area contributed by atoms with Crippen molar-refractivity contribution < 1.29 is 9.18 Å². The lowest BCUT2D eigenvalue weighted by atomic mass is 9.90. The second-order valence-corrected chi connectivity index (χ2v) is 5.56. The normalized spacial score (nSPS) is 13.5. The highest BCUT2D eigenvalue weighted by molar-refractivity contribution is 6.34. The quantitative estimate of drug-likeness (QED) is 0.893. The summed E-state index contributed by atoms with van der Waals surface area (Å²) in [6.45, 7) is 1.53. The number of para-hydroxylation sites is 1. The highest BCUT2D eigenvalue weighted by Crippen LogP contribution is 2.34. The van der Waals surface area contributed by atoms with E-state index in [2.05, 4.69) is 5.32 Å². The van der Waals surface area contributed by atoms with E-state index in [9.17, 15) is 9.18 Å². The summed E-state index contributed by atoms with van der Waals surface area (Å²) in [6.07, 6.45) is 0. The predicted molar refractivity (Wildman–Crippen MR) is 83.0 cm³/mol. The SMILES string of the molecule is CC(Nc1ccccc1F)(C(N)=O)c1cc(Cl)ccc1Cl. The third-order valence-corrected chi connectivity index (χ3v) is 3.78. The van der Waals surface area contributed by atoms with Crippen molar-refractivity contribution >= 4 is 34.8 Å². The summed E-state index contributed by atoms with van der Waals surface area (Å²) in [5, 5.41) is 3.52. The maximum atomic E-state index is 13.8. The fourth-order valence-corrected chi connectivity index (χ4v) is 2.45. The van der Waals surface area contributed by atoms with E-state index in [4.69, 9.17) is 28.9 Å². The van der Waals surface area contributed by atoms with E-state index < -0.39 is 17.3 Å². The van der Waals surface area contributed by atoms with Gasteiger partial charge in [0.15, 0.2) is 0 Å². The zero-order valence-electron chi connectivity index (χ0n) is 11.2. The molecule has 0 spiro atoms. The van der Waals surface area contributed by atoms with Crippen molar-refractivity contribution in [3.05, 3.63) is 63.9 Å². The van der Waals surface area contributed by atoms with Gasteiger partial charge >= 0.3 is 0 Å². The number of primary amides is 1. The summed E-state index contributed by atoms with van der Waals surface area (Å²) in [4.78, 5) is 11.9. The Morgan fingerprint density at radius 1 is 1.24 bits per heavy atom. The summed E-state index contributed by atoms with van der Waals surface area (Å²) in [5.74, 6) is -1.20. The third kappa shape index (κ3) is 3.12. The van der Waals surface area contributed by atoms with Gasteiger partial charge in [0.05, 0.1) is 5.69 Å². The number of amides is 1. The van der Waals surface area contributed by atoms with Gasteiger partial charge < -0.3 is 11.1 Å². The molecule has 1 unspecified atom stereocenters. The Bertz CT molecular complexity index is 693. The van der Waals surface area contributed by atoms with Crippen LogP contribution in [0.5, 0.6) is 0 Å². The summed E-state index contributed by atoms with van der Waals surface area (Å²) < 4.78 is 13.8. The fraction of sp³-hybridized carbons (Fsp3) is 0.133. The molecule has 2 aromatic carbocycles. The molecular weight excluding hydrogens is 314 g/mol. The molecule has 0 fully saturated rings. The van der Waals surface area contributed by atoms with Gasteiger partial charge in [0.25, 0.3) is 0 Å². The fourth-order valence-electron chi connectivity index (χ4n) is 1.97. The Morgan fingerprint density at radius 3 is 2.52 bits per heavy atom. The molecule has 0 heterocycles. The van der Waals surface area contributed by atoms with Crippen LogP contribution in [0.3, 0.4) is 0 Å². The highest BCUT2D eigenvalue weighted by Gasteiger charge is 2.36. The molecule has 0 aliphatic rings. The Balaban J connectivity index is 2.53. The van der Waals surface area contributed by atoms with Crippen LogP contribution in [0.4, 0.5) is 10.1 Å². The number of halogens is 3. The molecule has 3 N–H and O–H groups in total. The number of carbonyl (C=O) groups is 1. The third-order valence-electron chi connectivity index (χ3n) is 3.22. The van der Waals surface area contributed by atoms with Crippen molar-refractivity contribution in [2.45, 2.75) is 12.5 Å². The standard InChI is InChI=1S/C15H13Cl2FN2O/c1-15(14(19)21,10-8-9(16)6-7-11(10)17)20-13-5-3-2-4-12(13)18/h2-8,20H,1H3,(H2,19,21). The summed E-state index contributed by atoms with van der Waals surface area (Å²) >= 11 is 12.1. The molecule has 21 heavy (non-hydrogen) atoms. The Hall–Kier alpha value is -1.78. The second-order valence-electron chi connectivity index (χ2n) is 4.72. The van der Waals surface area contributed by atoms with Gasteiger partial charge in [0.1, 0.15) is 11.4 Å². The first-order chi connectivity index (χ1) is 9.84. The molecule has 0 radical (unpaired) electrons. The van der Waals surface area contributed by atoms with Gasteiger partial charge in [-0.2, -0.15) is 0 Å². The van der Waals surface area contributed by atoms with E-state index in [-0.39, 0.29) is 5.69 Å². The van der Waals surface area contributed by atoms with Crippen LogP contribution in [0.25, 0.3) is 0 Å². The van der Waals surface area contributed by atoms with Gasteiger partial charge in [-0.05, 0) is 37.3 Å². The number of hydrogen-bond donors (Lipinski definition) is 2. The monoisotopic (exact) mass is 326 g/mol. The molecule has 0 saturated carbocycles. The van der Waals surface area contributed by atoms with Crippen molar-refractivity contribution in [1.29, 1.82) is 0 Å². The molecule has 1 atom stereocenters. The maximum absolute atomic E-state index is 13.8. The molecule has 2 aromatic rings. The number of benzene rings is 2. The number of nitrogens with one attached hydrogen (secondary N) is 1. The van der Waals surface area contributed by atoms with Gasteiger partial charge in [-0.1, -0.05) is 35.3 Å². The molecule has 0 aliphatic heterocycles. The first kappa shape index (κ1) is 15.6. The summed E-state index contributed by atoms with van der Waals surface area (Å²) in [5.41, 5.74) is 4.63. The zero-order valence-corrected chi connectivity index (χ0v) is 12.7. The van der Waals surface area contributed by atoms with E-state index in [1.807, 2.05) is 0 Å². The molecule has 6 heteroatoms. The van der Waals surface area contributed by atoms with Gasteiger partial charge in [-0.25, -0.2) is 4.39 Å². The largest absolute Gasteiger partial charge is 0.367 e. The van der Waals surface area contributed by atoms with Crippen molar-refractivity contribution in [2.24, 2.45) is 5.73 Å². The molecule has 0 aromatic heterocycles. The smallest absolute Gasteiger partial charge is 0.247 e. The van der Waals surface area contributed by atoms with E-state index in [0.29, 0.717) is 15.6 Å². The van der Waals surface area contributed by atoms with Crippen LogP contribution in [-0.2, 0) is 10.3 Å². The molecule has 2 rings (SSSR count). The lowest BCUT2D eigenvalue weighted by Crippen LogP contribution is -2.45. The lowest BCUT2D eigenvalue weighted by molar-refractivity contribution is -0.122. The highest BCUT2D eigenvalue weighted by atomic mass is 35.5. The van der Waals surface area contributed by atoms with Gasteiger partial charge in [-0.15, -0.1) is 0 Å². The second kappa shape index (κ2) is 5.92. The molecule has 3 nitrogen and oxygen atoms in total. The maximum Gasteiger partial charge on any atom is 0.247 e. The van der Waals surface area contributed by atoms with E-state index in [1.165, 1.54) is 25.1 Å². The van der Waals surface area contributed by atoms with Crippen LogP contribution in [-0.4, -0.2) is 5.91 Å². The summed E-state index contributed by atoms with van der Waals surface area (Å²) in [7, 11) is 0. The molecular formula is C15H13Cl2FN2O. The number of carbonyl (C=O) groups excluding carboxylic acids is 1. The van der Waals surface area contributed by atoms with Crippen molar-refractivity contribution in [2.75, 3.05) is 5.32 Å². The molecule has 0 saturated heterocycles. The van der Waals surface area contributed by atoms with Gasteiger partial charge in [0, 0.05) is 15.6 Å². The number of nitrogens with two attached hydrogens (primary N) is 1. The van der Waals surface area contributed by atoms with Crippen molar-refractivity contribution in [3.8, 4) is 0 Å². The van der Waals surface area contributed by atoms with E-state index in [1.54, 1.807) is 24.3 Å². The first-order valence-electron chi connectivity index (χ1n) is 6.13. The van der Waals surface area contributed by atoms with Crippen LogP contribution in [0, 0.1) is 5.82 Å². The topological polar surface area (TPSA) is 55.1 Å². The minimum absolute atomic E-state index is 0.148. The number of anilines is 1. The van der Waals surface area contributed by atoms with Crippen LogP contribution in [0.1, 0.15) is 12.5 Å². The van der Waals surface area contributed by atoms with Crippen molar-refractivity contribution in [1.82, 2.24) is 0 Å². The van der Waals surface area contributed by atoms with Gasteiger partial charge in [-0.3, -0.25) is 4.79 Å². The zero-order chi connectivity index (χ0) is 15.6. The molecule has 1 amide bonds. The van der Waals surface area contributed by atoms with E-state index in [0.717, 1.165) is 0 Å². The average Bonchev–Trinajstić information content (AvgIpc) is 2.43. The van der Waals surface area contributed by atoms with Crippen molar-refractivity contribution in [3.63, 3.8) is 0 Å². The Kier molecular flexibility index (Phi) is 4.40. The first-order valence-corrected chi connectivity index (χ1v) is 6.88. The van der Waals surface area contributed by atoms with Crippen LogP contribution >= 0.6 is 23.2 Å². The number of hydrogen-bond acceptors (Lipinski definition) is 2. The summed E-state index contributed by atoms with van der Waals surface area (Å²) in [6, 6.07) is 10.7. The number of rotatable bonds is 4. The Labute approximate surface area is 131 Å². The Morgan fingerprint density at radius 2 is 1.90 bits per heavy atom. The van der Waals surface area contributed by atoms with E-state index >= 15 is 0 Å². The predicted octanol–water partition coefficient (Wildman–Crippen LogP) is 3.95. The molecule has 0 aliphatic carbocycles.